The summed E-state index contributed by atoms with van der Waals surface area (Å²) in [5, 5.41) is 10.6. The maximum absolute atomic E-state index is 13.0. The normalized spacial score (nSPS) is 14.1. The van der Waals surface area contributed by atoms with E-state index in [1.807, 2.05) is 0 Å². The van der Waals surface area contributed by atoms with Gasteiger partial charge < -0.3 is 33.8 Å². The molecule has 17 nitrogen and oxygen atoms in total. The lowest BCUT2D eigenvalue weighted by molar-refractivity contribution is -0.161. The molecule has 0 aliphatic rings. The van der Waals surface area contributed by atoms with E-state index in [1.165, 1.54) is 180 Å². The third-order valence-corrected chi connectivity index (χ3v) is 18.6. The summed E-state index contributed by atoms with van der Waals surface area (Å²) in [6.07, 6.45) is 50.0. The van der Waals surface area contributed by atoms with Crippen molar-refractivity contribution in [3.63, 3.8) is 0 Å². The highest BCUT2D eigenvalue weighted by atomic mass is 31.2. The Labute approximate surface area is 556 Å². The van der Waals surface area contributed by atoms with Gasteiger partial charge in [0.25, 0.3) is 0 Å². The van der Waals surface area contributed by atoms with Crippen LogP contribution in [0.3, 0.4) is 0 Å². The van der Waals surface area contributed by atoms with Crippen molar-refractivity contribution in [1.82, 2.24) is 0 Å². The van der Waals surface area contributed by atoms with Crippen LogP contribution in [0.4, 0.5) is 0 Å². The van der Waals surface area contributed by atoms with Gasteiger partial charge in [-0.25, -0.2) is 9.13 Å². The molecule has 0 spiro atoms. The Morgan fingerprint density at radius 2 is 0.505 bits per heavy atom. The number of hydrogen-bond acceptors (Lipinski definition) is 15. The van der Waals surface area contributed by atoms with E-state index in [2.05, 4.69) is 41.5 Å². The number of esters is 4. The highest BCUT2D eigenvalue weighted by Gasteiger charge is 2.30. The van der Waals surface area contributed by atoms with E-state index in [-0.39, 0.29) is 25.7 Å². The molecule has 0 saturated heterocycles. The molecule has 3 N–H and O–H groups in total. The van der Waals surface area contributed by atoms with Crippen molar-refractivity contribution in [1.29, 1.82) is 0 Å². The molecule has 0 heterocycles. The predicted molar refractivity (Wildman–Crippen MR) is 368 cm³/mol. The van der Waals surface area contributed by atoms with Gasteiger partial charge in [-0.15, -0.1) is 0 Å². The van der Waals surface area contributed by atoms with Crippen LogP contribution < -0.4 is 0 Å². The summed E-state index contributed by atoms with van der Waals surface area (Å²) in [6.45, 7) is 9.48. The summed E-state index contributed by atoms with van der Waals surface area (Å²) in [5.74, 6) is -0.690. The number of aliphatic hydroxyl groups excluding tert-OH is 1. The van der Waals surface area contributed by atoms with Crippen LogP contribution in [0.5, 0.6) is 0 Å². The molecule has 91 heavy (non-hydrogen) atoms. The molecule has 0 amide bonds. The van der Waals surface area contributed by atoms with Gasteiger partial charge in [0.2, 0.25) is 0 Å². The van der Waals surface area contributed by atoms with E-state index in [9.17, 15) is 43.2 Å². The molecule has 0 aromatic heterocycles. The lowest BCUT2D eigenvalue weighted by atomic mass is 10.0. The van der Waals surface area contributed by atoms with Gasteiger partial charge in [-0.1, -0.05) is 318 Å². The topological polar surface area (TPSA) is 237 Å². The fourth-order valence-corrected chi connectivity index (χ4v) is 12.5. The second-order valence-electron chi connectivity index (χ2n) is 26.9. The zero-order chi connectivity index (χ0) is 67.2. The van der Waals surface area contributed by atoms with E-state index in [0.29, 0.717) is 31.6 Å². The van der Waals surface area contributed by atoms with Crippen molar-refractivity contribution < 1.29 is 80.2 Å². The minimum atomic E-state index is -4.95. The van der Waals surface area contributed by atoms with E-state index in [4.69, 9.17) is 37.0 Å². The largest absolute Gasteiger partial charge is 0.472 e. The first-order valence-electron chi connectivity index (χ1n) is 37.5. The van der Waals surface area contributed by atoms with Crippen LogP contribution in [0.2, 0.25) is 0 Å². The van der Waals surface area contributed by atoms with Gasteiger partial charge in [-0.05, 0) is 37.5 Å². The van der Waals surface area contributed by atoms with Gasteiger partial charge in [0.05, 0.1) is 26.4 Å². The first kappa shape index (κ1) is 89.1. The summed E-state index contributed by atoms with van der Waals surface area (Å²) in [5.41, 5.74) is 0. The van der Waals surface area contributed by atoms with Gasteiger partial charge in [-0.2, -0.15) is 0 Å². The molecule has 540 valence electrons. The lowest BCUT2D eigenvalue weighted by Crippen LogP contribution is -2.30. The van der Waals surface area contributed by atoms with E-state index >= 15 is 0 Å². The highest BCUT2D eigenvalue weighted by molar-refractivity contribution is 7.47. The third kappa shape index (κ3) is 66.5. The highest BCUT2D eigenvalue weighted by Crippen LogP contribution is 2.45. The average molecular weight is 1340 g/mol. The number of aliphatic hydroxyl groups is 1. The fraction of sp³-hybridized carbons (Fsp3) is 0.944. The summed E-state index contributed by atoms with van der Waals surface area (Å²) in [6, 6.07) is 0. The summed E-state index contributed by atoms with van der Waals surface area (Å²) >= 11 is 0. The van der Waals surface area contributed by atoms with Crippen LogP contribution in [0.1, 0.15) is 369 Å². The first-order chi connectivity index (χ1) is 43.9. The van der Waals surface area contributed by atoms with Crippen molar-refractivity contribution in [2.24, 2.45) is 11.8 Å². The molecular weight excluding hydrogens is 1200 g/mol. The zero-order valence-electron chi connectivity index (χ0n) is 59.1. The third-order valence-electron chi connectivity index (χ3n) is 16.7. The van der Waals surface area contributed by atoms with E-state index in [1.54, 1.807) is 0 Å². The van der Waals surface area contributed by atoms with Crippen molar-refractivity contribution in [2.75, 3.05) is 39.6 Å². The van der Waals surface area contributed by atoms with Crippen molar-refractivity contribution in [3.8, 4) is 0 Å². The van der Waals surface area contributed by atoms with Crippen LogP contribution in [0.25, 0.3) is 0 Å². The Balaban J connectivity index is 5.24. The van der Waals surface area contributed by atoms with Crippen LogP contribution in [0, 0.1) is 11.8 Å². The number of rotatable bonds is 71. The number of carbonyl (C=O) groups is 4. The van der Waals surface area contributed by atoms with E-state index in [0.717, 1.165) is 102 Å². The van der Waals surface area contributed by atoms with Gasteiger partial charge in [-0.3, -0.25) is 37.3 Å². The lowest BCUT2D eigenvalue weighted by Gasteiger charge is -2.21. The smallest absolute Gasteiger partial charge is 0.462 e. The summed E-state index contributed by atoms with van der Waals surface area (Å²) in [7, 11) is -9.90. The Hall–Kier alpha value is -1.94. The van der Waals surface area contributed by atoms with Crippen LogP contribution in [-0.4, -0.2) is 96.7 Å². The second-order valence-corrected chi connectivity index (χ2v) is 29.8. The number of carbonyl (C=O) groups excluding carboxylic acids is 4. The Bertz CT molecular complexity index is 1770. The minimum Gasteiger partial charge on any atom is -0.462 e. The molecule has 5 atom stereocenters. The molecule has 0 radical (unpaired) electrons. The number of unbranched alkanes of at least 4 members (excludes halogenated alkanes) is 41. The molecule has 0 aromatic rings. The molecule has 0 fully saturated rings. The predicted octanol–water partition coefficient (Wildman–Crippen LogP) is 20.8. The van der Waals surface area contributed by atoms with Crippen LogP contribution in [-0.2, 0) is 65.4 Å². The maximum Gasteiger partial charge on any atom is 0.472 e. The Morgan fingerprint density at radius 3 is 0.747 bits per heavy atom. The second kappa shape index (κ2) is 64.1. The van der Waals surface area contributed by atoms with Gasteiger partial charge in [0.1, 0.15) is 19.3 Å². The molecule has 19 heteroatoms. The zero-order valence-corrected chi connectivity index (χ0v) is 60.9. The SMILES string of the molecule is CCCCCCCCCCCCCCCCCC(=O)O[C@H](COC(=O)CCCCCCCCCCCCCCCC)COP(=O)(O)OC[C@@H](O)COP(=O)(O)OC[C@@H](COC(=O)CCCCCCCCC(C)C)OC(=O)CCCCCCCCCCCCC(C)C. The quantitative estimate of drug-likeness (QED) is 0.0222. The van der Waals surface area contributed by atoms with Crippen LogP contribution in [0.15, 0.2) is 0 Å². The molecule has 0 aliphatic heterocycles. The van der Waals surface area contributed by atoms with Crippen LogP contribution >= 0.6 is 15.6 Å². The number of phosphoric acid groups is 2. The molecule has 0 bridgehead atoms. The maximum atomic E-state index is 13.0. The standard InChI is InChI=1S/C72H140O17P2/c1-7-9-11-13-15-17-19-21-23-25-27-32-36-44-50-56-71(76)88-67(60-82-69(74)54-48-42-35-31-26-24-22-20-18-16-14-12-10-8-2)62-86-90(78,79)84-58-66(73)59-85-91(80,81)87-63-68(61-83-70(75)55-49-43-39-38-41-47-53-65(5)6)89-72(77)57-51-45-37-33-29-28-30-34-40-46-52-64(3)4/h64-68,73H,7-63H2,1-6H3,(H,78,79)(H,80,81)/t66-,67-,68-/m1/s1. The first-order valence-corrected chi connectivity index (χ1v) is 40.5. The Morgan fingerprint density at radius 1 is 0.297 bits per heavy atom. The molecule has 0 rings (SSSR count). The summed E-state index contributed by atoms with van der Waals surface area (Å²) < 4.78 is 68.4. The van der Waals surface area contributed by atoms with E-state index < -0.39 is 97.5 Å². The molecule has 0 aliphatic carbocycles. The molecule has 0 aromatic carbocycles. The summed E-state index contributed by atoms with van der Waals surface area (Å²) in [4.78, 5) is 72.6. The minimum absolute atomic E-state index is 0.105. The average Bonchev–Trinajstić information content (AvgIpc) is 3.34. The molecular formula is C72H140O17P2. The number of ether oxygens (including phenoxy) is 4. The number of hydrogen-bond donors (Lipinski definition) is 3. The van der Waals surface area contributed by atoms with Gasteiger partial charge in [0.15, 0.2) is 12.2 Å². The molecule has 0 saturated carbocycles. The van der Waals surface area contributed by atoms with Crippen molar-refractivity contribution >= 4 is 39.5 Å². The Kier molecular flexibility index (Phi) is 62.7. The fourth-order valence-electron chi connectivity index (χ4n) is 10.9. The van der Waals surface area contributed by atoms with Gasteiger partial charge >= 0.3 is 39.5 Å². The van der Waals surface area contributed by atoms with Crippen molar-refractivity contribution in [2.45, 2.75) is 387 Å². The molecule has 2 unspecified atom stereocenters. The monoisotopic (exact) mass is 1340 g/mol. The van der Waals surface area contributed by atoms with Crippen molar-refractivity contribution in [3.05, 3.63) is 0 Å². The number of phosphoric ester groups is 2. The van der Waals surface area contributed by atoms with Gasteiger partial charge in [0, 0.05) is 25.7 Å².